The first-order chi connectivity index (χ1) is 5.16. The van der Waals surface area contributed by atoms with Crippen molar-refractivity contribution in [2.24, 2.45) is 5.73 Å². The lowest BCUT2D eigenvalue weighted by Gasteiger charge is -2.03. The van der Waals surface area contributed by atoms with E-state index in [0.717, 1.165) is 6.42 Å². The van der Waals surface area contributed by atoms with Gasteiger partial charge in [0.05, 0.1) is 0 Å². The van der Waals surface area contributed by atoms with Crippen LogP contribution in [0.1, 0.15) is 19.8 Å². The fourth-order valence-electron chi connectivity index (χ4n) is 0.645. The van der Waals surface area contributed by atoms with Gasteiger partial charge < -0.3 is 10.8 Å². The summed E-state index contributed by atoms with van der Waals surface area (Å²) in [5, 5.41) is 8.43. The molecule has 0 aliphatic carbocycles. The zero-order valence-corrected chi connectivity index (χ0v) is 7.77. The Morgan fingerprint density at radius 3 is 2.64 bits per heavy atom. The van der Waals surface area contributed by atoms with Crippen molar-refractivity contribution in [3.63, 3.8) is 0 Å². The summed E-state index contributed by atoms with van der Waals surface area (Å²) < 4.78 is 11.1. The Morgan fingerprint density at radius 2 is 2.18 bits per heavy atom. The van der Waals surface area contributed by atoms with Gasteiger partial charge in [-0.15, -0.1) is 0 Å². The first-order valence-electron chi connectivity index (χ1n) is 3.88. The molecular weight excluding hydrogens is 162 g/mol. The molecule has 0 heterocycles. The molecule has 0 aromatic carbocycles. The molecule has 0 spiro atoms. The smallest absolute Gasteiger partial charge is 0.0439 e. The highest BCUT2D eigenvalue weighted by Crippen LogP contribution is 1.93. The first kappa shape index (κ1) is 11.1. The topological polar surface area (TPSA) is 63.3 Å². The maximum absolute atomic E-state index is 11.1. The van der Waals surface area contributed by atoms with Crippen molar-refractivity contribution in [2.45, 2.75) is 25.8 Å². The minimum atomic E-state index is -0.780. The maximum atomic E-state index is 11.1. The molecule has 68 valence electrons. The SMILES string of the molecule is CC(N)CCS(=O)CCCO. The van der Waals surface area contributed by atoms with E-state index in [-0.39, 0.29) is 12.6 Å². The van der Waals surface area contributed by atoms with Gasteiger partial charge in [-0.3, -0.25) is 4.21 Å². The summed E-state index contributed by atoms with van der Waals surface area (Å²) in [5.74, 6) is 1.26. The van der Waals surface area contributed by atoms with Crippen molar-refractivity contribution in [2.75, 3.05) is 18.1 Å². The van der Waals surface area contributed by atoms with E-state index in [9.17, 15) is 4.21 Å². The van der Waals surface area contributed by atoms with Crippen LogP contribution in [0.4, 0.5) is 0 Å². The minimum absolute atomic E-state index is 0.129. The lowest BCUT2D eigenvalue weighted by molar-refractivity contribution is 0.296. The second kappa shape index (κ2) is 6.76. The van der Waals surface area contributed by atoms with Gasteiger partial charge in [-0.25, -0.2) is 0 Å². The standard InChI is InChI=1S/C7H17NO2S/c1-7(8)3-6-11(10)5-2-4-9/h7,9H,2-6,8H2,1H3. The van der Waals surface area contributed by atoms with E-state index < -0.39 is 10.8 Å². The summed E-state index contributed by atoms with van der Waals surface area (Å²) in [6.45, 7) is 2.03. The highest BCUT2D eigenvalue weighted by atomic mass is 32.2. The molecule has 0 fully saturated rings. The molecule has 3 N–H and O–H groups in total. The van der Waals surface area contributed by atoms with Crippen LogP contribution in [0.25, 0.3) is 0 Å². The Bertz CT molecular complexity index is 117. The van der Waals surface area contributed by atoms with E-state index in [1.54, 1.807) is 0 Å². The Hall–Kier alpha value is 0.0700. The van der Waals surface area contributed by atoms with E-state index in [4.69, 9.17) is 10.8 Å². The highest BCUT2D eigenvalue weighted by molar-refractivity contribution is 7.84. The summed E-state index contributed by atoms with van der Waals surface area (Å²) >= 11 is 0. The molecule has 0 bridgehead atoms. The normalized spacial score (nSPS) is 16.3. The Morgan fingerprint density at radius 1 is 1.55 bits per heavy atom. The van der Waals surface area contributed by atoms with E-state index >= 15 is 0 Å². The zero-order chi connectivity index (χ0) is 8.69. The monoisotopic (exact) mass is 179 g/mol. The van der Waals surface area contributed by atoms with Gasteiger partial charge in [0.1, 0.15) is 0 Å². The third kappa shape index (κ3) is 7.97. The number of rotatable bonds is 6. The predicted octanol–water partition coefficient (Wildman–Crippen LogP) is -0.145. The molecule has 0 radical (unpaired) electrons. The van der Waals surface area contributed by atoms with Crippen molar-refractivity contribution >= 4 is 10.8 Å². The molecule has 3 nitrogen and oxygen atoms in total. The van der Waals surface area contributed by atoms with Gasteiger partial charge in [-0.05, 0) is 19.8 Å². The van der Waals surface area contributed by atoms with Gasteiger partial charge in [0.25, 0.3) is 0 Å². The van der Waals surface area contributed by atoms with Gasteiger partial charge >= 0.3 is 0 Å². The molecule has 11 heavy (non-hydrogen) atoms. The number of aliphatic hydroxyl groups excluding tert-OH is 1. The number of hydrogen-bond donors (Lipinski definition) is 2. The van der Waals surface area contributed by atoms with Crippen LogP contribution in [-0.2, 0) is 10.8 Å². The quantitative estimate of drug-likeness (QED) is 0.596. The van der Waals surface area contributed by atoms with Crippen LogP contribution in [0, 0.1) is 0 Å². The van der Waals surface area contributed by atoms with Gasteiger partial charge in [0, 0.05) is 35.0 Å². The summed E-state index contributed by atoms with van der Waals surface area (Å²) in [4.78, 5) is 0. The van der Waals surface area contributed by atoms with Crippen molar-refractivity contribution in [3.05, 3.63) is 0 Å². The molecule has 2 atom stereocenters. The first-order valence-corrected chi connectivity index (χ1v) is 5.37. The molecule has 0 amide bonds. The largest absolute Gasteiger partial charge is 0.396 e. The third-order valence-corrected chi connectivity index (χ3v) is 2.77. The Balaban J connectivity index is 3.23. The van der Waals surface area contributed by atoms with Crippen molar-refractivity contribution in [3.8, 4) is 0 Å². The molecule has 0 aliphatic heterocycles. The fourth-order valence-corrected chi connectivity index (χ4v) is 1.93. The highest BCUT2D eigenvalue weighted by Gasteiger charge is 2.00. The van der Waals surface area contributed by atoms with Crippen LogP contribution in [-0.4, -0.2) is 33.5 Å². The molecule has 4 heteroatoms. The van der Waals surface area contributed by atoms with Gasteiger partial charge in [-0.1, -0.05) is 0 Å². The van der Waals surface area contributed by atoms with Crippen LogP contribution in [0.5, 0.6) is 0 Å². The molecule has 0 rings (SSSR count). The lowest BCUT2D eigenvalue weighted by Crippen LogP contribution is -2.18. The second-order valence-corrected chi connectivity index (χ2v) is 4.39. The Labute approximate surface area is 70.4 Å². The third-order valence-electron chi connectivity index (χ3n) is 1.33. The molecule has 2 unspecified atom stereocenters. The van der Waals surface area contributed by atoms with Gasteiger partial charge in [-0.2, -0.15) is 0 Å². The summed E-state index contributed by atoms with van der Waals surface area (Å²) in [6, 6.07) is 0.132. The van der Waals surface area contributed by atoms with Crippen molar-refractivity contribution in [1.82, 2.24) is 0 Å². The van der Waals surface area contributed by atoms with Crippen LogP contribution >= 0.6 is 0 Å². The molecule has 0 aromatic rings. The maximum Gasteiger partial charge on any atom is 0.0439 e. The molecule has 0 saturated carbocycles. The molecule has 0 aliphatic rings. The van der Waals surface area contributed by atoms with Gasteiger partial charge in [0.15, 0.2) is 0 Å². The van der Waals surface area contributed by atoms with Crippen LogP contribution in [0.2, 0.25) is 0 Å². The summed E-state index contributed by atoms with van der Waals surface area (Å²) in [5.41, 5.74) is 5.49. The average Bonchev–Trinajstić information content (AvgIpc) is 1.97. The number of nitrogens with two attached hydrogens (primary N) is 1. The van der Waals surface area contributed by atoms with Crippen LogP contribution in [0.3, 0.4) is 0 Å². The van der Waals surface area contributed by atoms with E-state index in [0.29, 0.717) is 17.9 Å². The predicted molar refractivity (Wildman–Crippen MR) is 47.8 cm³/mol. The molecule has 0 saturated heterocycles. The second-order valence-electron chi connectivity index (χ2n) is 2.69. The van der Waals surface area contributed by atoms with Crippen LogP contribution < -0.4 is 5.73 Å². The number of aliphatic hydroxyl groups is 1. The van der Waals surface area contributed by atoms with Crippen molar-refractivity contribution < 1.29 is 9.32 Å². The lowest BCUT2D eigenvalue weighted by atomic mass is 10.3. The van der Waals surface area contributed by atoms with Gasteiger partial charge in [0.2, 0.25) is 0 Å². The summed E-state index contributed by atoms with van der Waals surface area (Å²) in [7, 11) is -0.780. The fraction of sp³-hybridized carbons (Fsp3) is 1.00. The zero-order valence-electron chi connectivity index (χ0n) is 6.95. The molecule has 0 aromatic heterocycles. The molecular formula is C7H17NO2S. The average molecular weight is 179 g/mol. The van der Waals surface area contributed by atoms with E-state index in [2.05, 4.69) is 0 Å². The van der Waals surface area contributed by atoms with E-state index in [1.807, 2.05) is 6.92 Å². The van der Waals surface area contributed by atoms with Crippen LogP contribution in [0.15, 0.2) is 0 Å². The number of hydrogen-bond acceptors (Lipinski definition) is 3. The minimum Gasteiger partial charge on any atom is -0.396 e. The summed E-state index contributed by atoms with van der Waals surface area (Å²) in [6.07, 6.45) is 1.43. The van der Waals surface area contributed by atoms with E-state index in [1.165, 1.54) is 0 Å². The van der Waals surface area contributed by atoms with Crippen molar-refractivity contribution in [1.29, 1.82) is 0 Å². The Kier molecular flexibility index (Phi) is 6.80.